The molecule has 0 aliphatic heterocycles. The Labute approximate surface area is 106 Å². The molecule has 0 saturated heterocycles. The average molecular weight is 246 g/mol. The van der Waals surface area contributed by atoms with Gasteiger partial charge in [-0.3, -0.25) is 0 Å². The van der Waals surface area contributed by atoms with Crippen LogP contribution in [0.5, 0.6) is 0 Å². The second kappa shape index (κ2) is 5.12. The van der Waals surface area contributed by atoms with Crippen molar-refractivity contribution in [2.24, 2.45) is 0 Å². The number of hydrogen-bond acceptors (Lipinski definition) is 5. The van der Waals surface area contributed by atoms with Gasteiger partial charge in [-0.05, 0) is 6.92 Å². The summed E-state index contributed by atoms with van der Waals surface area (Å²) >= 11 is 0. The summed E-state index contributed by atoms with van der Waals surface area (Å²) in [6, 6.07) is 1.75. The van der Waals surface area contributed by atoms with Crippen molar-refractivity contribution in [2.45, 2.75) is 40.2 Å². The molecule has 2 heterocycles. The fraction of sp³-hybridized carbons (Fsp3) is 0.500. The van der Waals surface area contributed by atoms with E-state index < -0.39 is 0 Å². The molecule has 0 atom stereocenters. The molecule has 18 heavy (non-hydrogen) atoms. The van der Waals surface area contributed by atoms with Crippen LogP contribution in [0.2, 0.25) is 0 Å². The lowest BCUT2D eigenvalue weighted by Gasteiger charge is -2.05. The van der Waals surface area contributed by atoms with E-state index in [0.29, 0.717) is 18.2 Å². The molecule has 0 radical (unpaired) electrons. The highest BCUT2D eigenvalue weighted by Crippen LogP contribution is 2.06. The van der Waals surface area contributed by atoms with Gasteiger partial charge in [0, 0.05) is 24.6 Å². The van der Waals surface area contributed by atoms with Gasteiger partial charge in [0.25, 0.3) is 0 Å². The standard InChI is InChI=1S/C12H18N6/c1-4-10-16-12(5-2)18(17-10)7-11-14-8(3)6-9(13)15-11/h6H,4-5,7H2,1-3H3,(H2,13,14,15). The number of aromatic nitrogens is 5. The van der Waals surface area contributed by atoms with Crippen molar-refractivity contribution in [3.63, 3.8) is 0 Å². The number of rotatable bonds is 4. The van der Waals surface area contributed by atoms with Crippen LogP contribution in [0.4, 0.5) is 5.82 Å². The Morgan fingerprint density at radius 1 is 1.11 bits per heavy atom. The summed E-state index contributed by atoms with van der Waals surface area (Å²) in [5.41, 5.74) is 6.59. The minimum Gasteiger partial charge on any atom is -0.384 e. The topological polar surface area (TPSA) is 82.5 Å². The molecule has 0 unspecified atom stereocenters. The lowest BCUT2D eigenvalue weighted by molar-refractivity contribution is 0.612. The van der Waals surface area contributed by atoms with Crippen LogP contribution >= 0.6 is 0 Å². The highest BCUT2D eigenvalue weighted by molar-refractivity contribution is 5.29. The molecule has 2 N–H and O–H groups in total. The average Bonchev–Trinajstić information content (AvgIpc) is 2.70. The van der Waals surface area contributed by atoms with Gasteiger partial charge < -0.3 is 5.73 Å². The summed E-state index contributed by atoms with van der Waals surface area (Å²) in [6.45, 7) is 6.52. The Balaban J connectivity index is 2.29. The molecule has 0 bridgehead atoms. The van der Waals surface area contributed by atoms with Gasteiger partial charge in [0.1, 0.15) is 18.2 Å². The molecule has 6 heteroatoms. The zero-order chi connectivity index (χ0) is 13.1. The van der Waals surface area contributed by atoms with Crippen molar-refractivity contribution in [3.8, 4) is 0 Å². The van der Waals surface area contributed by atoms with E-state index in [4.69, 9.17) is 5.73 Å². The van der Waals surface area contributed by atoms with Crippen LogP contribution in [0, 0.1) is 6.92 Å². The lowest BCUT2D eigenvalue weighted by Crippen LogP contribution is -2.11. The van der Waals surface area contributed by atoms with E-state index in [1.807, 2.05) is 18.5 Å². The van der Waals surface area contributed by atoms with Crippen molar-refractivity contribution in [3.05, 3.63) is 29.2 Å². The predicted molar refractivity (Wildman–Crippen MR) is 69.1 cm³/mol. The van der Waals surface area contributed by atoms with Gasteiger partial charge >= 0.3 is 0 Å². The van der Waals surface area contributed by atoms with Crippen LogP contribution in [0.15, 0.2) is 6.07 Å². The summed E-state index contributed by atoms with van der Waals surface area (Å²) in [7, 11) is 0. The minimum atomic E-state index is 0.492. The SMILES string of the molecule is CCc1nc(CC)n(Cc2nc(C)cc(N)n2)n1. The molecular weight excluding hydrogens is 228 g/mol. The Morgan fingerprint density at radius 3 is 2.50 bits per heavy atom. The molecule has 0 aliphatic carbocycles. The van der Waals surface area contributed by atoms with Crippen LogP contribution in [0.3, 0.4) is 0 Å². The van der Waals surface area contributed by atoms with Gasteiger partial charge in [-0.15, -0.1) is 0 Å². The number of aryl methyl sites for hydroxylation is 3. The van der Waals surface area contributed by atoms with Crippen molar-refractivity contribution >= 4 is 5.82 Å². The Kier molecular flexibility index (Phi) is 3.55. The Bertz CT molecular complexity index is 525. The van der Waals surface area contributed by atoms with Crippen LogP contribution in [-0.4, -0.2) is 24.7 Å². The molecule has 96 valence electrons. The number of nitrogen functional groups attached to an aromatic ring is 1. The molecule has 2 aromatic heterocycles. The number of nitrogens with zero attached hydrogens (tertiary/aromatic N) is 5. The normalized spacial score (nSPS) is 10.8. The zero-order valence-corrected chi connectivity index (χ0v) is 11.0. The molecule has 0 fully saturated rings. The maximum absolute atomic E-state index is 5.72. The molecule has 2 aromatic rings. The van der Waals surface area contributed by atoms with E-state index in [-0.39, 0.29) is 0 Å². The largest absolute Gasteiger partial charge is 0.384 e. The summed E-state index contributed by atoms with van der Waals surface area (Å²) in [5, 5.41) is 4.44. The second-order valence-electron chi connectivity index (χ2n) is 4.16. The summed E-state index contributed by atoms with van der Waals surface area (Å²) in [4.78, 5) is 13.0. The van der Waals surface area contributed by atoms with Crippen molar-refractivity contribution in [1.82, 2.24) is 24.7 Å². The van der Waals surface area contributed by atoms with Crippen LogP contribution < -0.4 is 5.73 Å². The van der Waals surface area contributed by atoms with Crippen LogP contribution in [0.1, 0.15) is 37.0 Å². The maximum atomic E-state index is 5.72. The van der Waals surface area contributed by atoms with Crippen LogP contribution in [0.25, 0.3) is 0 Å². The van der Waals surface area contributed by atoms with Gasteiger partial charge in [-0.2, -0.15) is 5.10 Å². The maximum Gasteiger partial charge on any atom is 0.152 e. The van der Waals surface area contributed by atoms with E-state index in [1.54, 1.807) is 6.07 Å². The molecule has 6 nitrogen and oxygen atoms in total. The Morgan fingerprint density at radius 2 is 1.89 bits per heavy atom. The van der Waals surface area contributed by atoms with E-state index in [0.717, 1.165) is 30.2 Å². The fourth-order valence-electron chi connectivity index (χ4n) is 1.82. The van der Waals surface area contributed by atoms with Crippen LogP contribution in [-0.2, 0) is 19.4 Å². The molecule has 0 saturated carbocycles. The van der Waals surface area contributed by atoms with Gasteiger partial charge in [0.2, 0.25) is 0 Å². The first kappa shape index (κ1) is 12.5. The van der Waals surface area contributed by atoms with E-state index in [9.17, 15) is 0 Å². The quantitative estimate of drug-likeness (QED) is 0.874. The predicted octanol–water partition coefficient (Wildman–Crippen LogP) is 1.13. The van der Waals surface area contributed by atoms with E-state index in [2.05, 4.69) is 27.0 Å². The number of hydrogen-bond donors (Lipinski definition) is 1. The van der Waals surface area contributed by atoms with Gasteiger partial charge in [0.15, 0.2) is 11.6 Å². The minimum absolute atomic E-state index is 0.492. The second-order valence-corrected chi connectivity index (χ2v) is 4.16. The third kappa shape index (κ3) is 2.64. The first-order chi connectivity index (χ1) is 8.62. The lowest BCUT2D eigenvalue weighted by atomic mass is 10.4. The van der Waals surface area contributed by atoms with Crippen molar-refractivity contribution < 1.29 is 0 Å². The Hall–Kier alpha value is -1.98. The highest BCUT2D eigenvalue weighted by Gasteiger charge is 2.09. The van der Waals surface area contributed by atoms with Gasteiger partial charge in [-0.25, -0.2) is 19.6 Å². The molecule has 0 amide bonds. The molecule has 0 aliphatic rings. The first-order valence-corrected chi connectivity index (χ1v) is 6.15. The molecule has 2 rings (SSSR count). The van der Waals surface area contributed by atoms with Gasteiger partial charge in [0.05, 0.1) is 0 Å². The molecular formula is C12H18N6. The summed E-state index contributed by atoms with van der Waals surface area (Å²) in [5.74, 6) is 2.98. The number of nitrogens with two attached hydrogens (primary N) is 1. The summed E-state index contributed by atoms with van der Waals surface area (Å²) < 4.78 is 1.85. The van der Waals surface area contributed by atoms with Gasteiger partial charge in [-0.1, -0.05) is 13.8 Å². The monoisotopic (exact) mass is 246 g/mol. The summed E-state index contributed by atoms with van der Waals surface area (Å²) in [6.07, 6.45) is 1.67. The molecule has 0 aromatic carbocycles. The third-order valence-electron chi connectivity index (χ3n) is 2.64. The van der Waals surface area contributed by atoms with E-state index >= 15 is 0 Å². The highest BCUT2D eigenvalue weighted by atomic mass is 15.4. The van der Waals surface area contributed by atoms with E-state index in [1.165, 1.54) is 0 Å². The zero-order valence-electron chi connectivity index (χ0n) is 11.0. The smallest absolute Gasteiger partial charge is 0.152 e. The third-order valence-corrected chi connectivity index (χ3v) is 2.64. The molecule has 0 spiro atoms. The number of anilines is 1. The van der Waals surface area contributed by atoms with Crippen molar-refractivity contribution in [2.75, 3.05) is 5.73 Å². The first-order valence-electron chi connectivity index (χ1n) is 6.15. The van der Waals surface area contributed by atoms with Crippen molar-refractivity contribution in [1.29, 1.82) is 0 Å². The fourth-order valence-corrected chi connectivity index (χ4v) is 1.82.